The van der Waals surface area contributed by atoms with Crippen LogP contribution in [-0.2, 0) is 29.6 Å². The minimum Gasteiger partial charge on any atom is -0.479 e. The predicted molar refractivity (Wildman–Crippen MR) is 124 cm³/mol. The van der Waals surface area contributed by atoms with Gasteiger partial charge in [0.25, 0.3) is 0 Å². The molecule has 0 aromatic carbocycles. The van der Waals surface area contributed by atoms with E-state index < -0.39 is 0 Å². The number of aromatic nitrogens is 5. The van der Waals surface area contributed by atoms with E-state index in [2.05, 4.69) is 25.8 Å². The highest BCUT2D eigenvalue weighted by molar-refractivity contribution is 5.91. The molecule has 176 valence electrons. The molecule has 2 N–H and O–H groups in total. The van der Waals surface area contributed by atoms with Gasteiger partial charge in [0.05, 0.1) is 24.4 Å². The average Bonchev–Trinajstić information content (AvgIpc) is 3.49. The van der Waals surface area contributed by atoms with Crippen LogP contribution in [0.25, 0.3) is 11.0 Å². The number of ether oxygens (including phenoxy) is 1. The van der Waals surface area contributed by atoms with Crippen molar-refractivity contribution in [2.45, 2.75) is 65.0 Å². The molecule has 0 atom stereocenters. The van der Waals surface area contributed by atoms with Crippen molar-refractivity contribution < 1.29 is 14.3 Å². The molecule has 1 saturated carbocycles. The van der Waals surface area contributed by atoms with Gasteiger partial charge in [0, 0.05) is 31.4 Å². The Kier molecular flexibility index (Phi) is 6.62. The maximum Gasteiger partial charge on any atom is 0.242 e. The Balaban J connectivity index is 1.35. The molecule has 4 rings (SSSR count). The van der Waals surface area contributed by atoms with Gasteiger partial charge in [-0.05, 0) is 44.2 Å². The SMILES string of the molecule is COc1nn(C)c2nc(C)c(CCC(=O)Nc3cnn(CC(=O)NC4CCCC4)c3)c(C)c12. The number of nitrogens with zero attached hydrogens (tertiary/aromatic N) is 5. The van der Waals surface area contributed by atoms with Gasteiger partial charge in [0.2, 0.25) is 17.7 Å². The van der Waals surface area contributed by atoms with Crippen LogP contribution >= 0.6 is 0 Å². The van der Waals surface area contributed by atoms with E-state index in [1.54, 1.807) is 28.9 Å². The molecule has 10 heteroatoms. The molecule has 1 aliphatic rings. The second-order valence-corrected chi connectivity index (χ2v) is 8.66. The zero-order valence-electron chi connectivity index (χ0n) is 19.6. The first-order valence-electron chi connectivity index (χ1n) is 11.3. The van der Waals surface area contributed by atoms with Crippen molar-refractivity contribution in [2.75, 3.05) is 12.4 Å². The first-order valence-corrected chi connectivity index (χ1v) is 11.3. The minimum atomic E-state index is -0.123. The van der Waals surface area contributed by atoms with E-state index in [-0.39, 0.29) is 24.4 Å². The number of pyridine rings is 1. The van der Waals surface area contributed by atoms with E-state index >= 15 is 0 Å². The van der Waals surface area contributed by atoms with Gasteiger partial charge in [-0.15, -0.1) is 5.10 Å². The lowest BCUT2D eigenvalue weighted by atomic mass is 10.00. The Labute approximate surface area is 192 Å². The maximum atomic E-state index is 12.6. The van der Waals surface area contributed by atoms with E-state index in [1.165, 1.54) is 12.8 Å². The van der Waals surface area contributed by atoms with Crippen molar-refractivity contribution in [2.24, 2.45) is 7.05 Å². The van der Waals surface area contributed by atoms with Crippen LogP contribution in [-0.4, -0.2) is 49.5 Å². The topological polar surface area (TPSA) is 116 Å². The van der Waals surface area contributed by atoms with Crippen molar-refractivity contribution in [3.8, 4) is 5.88 Å². The minimum absolute atomic E-state index is 0.0532. The number of rotatable bonds is 8. The zero-order valence-corrected chi connectivity index (χ0v) is 19.6. The first-order chi connectivity index (χ1) is 15.9. The third-order valence-electron chi connectivity index (χ3n) is 6.26. The van der Waals surface area contributed by atoms with Crippen molar-refractivity contribution >= 4 is 28.5 Å². The highest BCUT2D eigenvalue weighted by Crippen LogP contribution is 2.30. The average molecular weight is 454 g/mol. The molecule has 3 aromatic heterocycles. The summed E-state index contributed by atoms with van der Waals surface area (Å²) in [6, 6.07) is 0.277. The van der Waals surface area contributed by atoms with Crippen LogP contribution < -0.4 is 15.4 Å². The van der Waals surface area contributed by atoms with Gasteiger partial charge in [-0.2, -0.15) is 5.10 Å². The number of nitrogens with one attached hydrogen (secondary N) is 2. The fourth-order valence-corrected chi connectivity index (χ4v) is 4.57. The van der Waals surface area contributed by atoms with Crippen LogP contribution in [0, 0.1) is 13.8 Å². The first kappa shape index (κ1) is 22.8. The van der Waals surface area contributed by atoms with E-state index in [1.807, 2.05) is 20.9 Å². The van der Waals surface area contributed by atoms with Crippen molar-refractivity contribution in [3.05, 3.63) is 29.2 Å². The highest BCUT2D eigenvalue weighted by atomic mass is 16.5. The van der Waals surface area contributed by atoms with Crippen LogP contribution in [0.15, 0.2) is 12.4 Å². The molecule has 0 bridgehead atoms. The summed E-state index contributed by atoms with van der Waals surface area (Å²) >= 11 is 0. The maximum absolute atomic E-state index is 12.6. The zero-order chi connectivity index (χ0) is 23.5. The number of aryl methyl sites for hydroxylation is 3. The summed E-state index contributed by atoms with van der Waals surface area (Å²) in [6.45, 7) is 4.10. The van der Waals surface area contributed by atoms with Gasteiger partial charge in [-0.25, -0.2) is 9.67 Å². The monoisotopic (exact) mass is 453 g/mol. The van der Waals surface area contributed by atoms with Crippen LogP contribution in [0.5, 0.6) is 5.88 Å². The van der Waals surface area contributed by atoms with E-state index in [0.717, 1.165) is 40.7 Å². The van der Waals surface area contributed by atoms with Crippen LogP contribution in [0.1, 0.15) is 48.9 Å². The molecule has 10 nitrogen and oxygen atoms in total. The standard InChI is InChI=1S/C23H31N7O3/c1-14-18(15(2)25-22-21(14)23(33-4)28-29(22)3)9-10-19(31)27-17-11-24-30(12-17)13-20(32)26-16-7-5-6-8-16/h11-12,16H,5-10,13H2,1-4H3,(H,26,32)(H,27,31). The van der Waals surface area contributed by atoms with Crippen molar-refractivity contribution in [1.29, 1.82) is 0 Å². The van der Waals surface area contributed by atoms with Crippen LogP contribution in [0.3, 0.4) is 0 Å². The summed E-state index contributed by atoms with van der Waals surface area (Å²) in [4.78, 5) is 29.4. The Morgan fingerprint density at radius 1 is 1.21 bits per heavy atom. The van der Waals surface area contributed by atoms with Gasteiger partial charge in [0.15, 0.2) is 5.65 Å². The summed E-state index contributed by atoms with van der Waals surface area (Å²) in [5.74, 6) is 0.358. The second kappa shape index (κ2) is 9.60. The Hall–Kier alpha value is -3.43. The Morgan fingerprint density at radius 2 is 1.97 bits per heavy atom. The van der Waals surface area contributed by atoms with Gasteiger partial charge in [0.1, 0.15) is 6.54 Å². The summed E-state index contributed by atoms with van der Waals surface area (Å²) in [5, 5.41) is 15.3. The van der Waals surface area contributed by atoms with Crippen LogP contribution in [0.4, 0.5) is 5.69 Å². The number of hydrogen-bond donors (Lipinski definition) is 2. The number of methoxy groups -OCH3 is 1. The lowest BCUT2D eigenvalue weighted by molar-refractivity contribution is -0.122. The molecule has 0 radical (unpaired) electrons. The molecular formula is C23H31N7O3. The molecule has 3 heterocycles. The molecule has 1 fully saturated rings. The van der Waals surface area contributed by atoms with E-state index in [0.29, 0.717) is 24.4 Å². The highest BCUT2D eigenvalue weighted by Gasteiger charge is 2.19. The lowest BCUT2D eigenvalue weighted by Gasteiger charge is -2.11. The van der Waals surface area contributed by atoms with Crippen molar-refractivity contribution in [3.63, 3.8) is 0 Å². The van der Waals surface area contributed by atoms with Gasteiger partial charge in [-0.1, -0.05) is 12.8 Å². The number of hydrogen-bond acceptors (Lipinski definition) is 6. The Bertz CT molecular complexity index is 1170. The molecule has 1 aliphatic carbocycles. The number of amides is 2. The number of anilines is 1. The normalized spacial score (nSPS) is 14.1. The molecule has 0 saturated heterocycles. The molecule has 0 unspecified atom stereocenters. The third kappa shape index (κ3) is 4.99. The smallest absolute Gasteiger partial charge is 0.242 e. The third-order valence-corrected chi connectivity index (χ3v) is 6.26. The molecule has 33 heavy (non-hydrogen) atoms. The second-order valence-electron chi connectivity index (χ2n) is 8.66. The van der Waals surface area contributed by atoms with Gasteiger partial charge >= 0.3 is 0 Å². The largest absolute Gasteiger partial charge is 0.479 e. The predicted octanol–water partition coefficient (Wildman–Crippen LogP) is 2.42. The molecular weight excluding hydrogens is 422 g/mol. The van der Waals surface area contributed by atoms with E-state index in [9.17, 15) is 9.59 Å². The number of carbonyl (C=O) groups excluding carboxylic acids is 2. The summed E-state index contributed by atoms with van der Waals surface area (Å²) < 4.78 is 8.65. The van der Waals surface area contributed by atoms with Gasteiger partial charge < -0.3 is 15.4 Å². The molecule has 0 spiro atoms. The molecule has 3 aromatic rings. The van der Waals surface area contributed by atoms with Crippen molar-refractivity contribution in [1.82, 2.24) is 29.9 Å². The van der Waals surface area contributed by atoms with E-state index in [4.69, 9.17) is 4.74 Å². The molecule has 2 amide bonds. The Morgan fingerprint density at radius 3 is 2.70 bits per heavy atom. The summed E-state index contributed by atoms with van der Waals surface area (Å²) in [7, 11) is 3.43. The van der Waals surface area contributed by atoms with Crippen LogP contribution in [0.2, 0.25) is 0 Å². The number of fused-ring (bicyclic) bond motifs is 1. The number of carbonyl (C=O) groups is 2. The fraction of sp³-hybridized carbons (Fsp3) is 0.522. The quantitative estimate of drug-likeness (QED) is 0.541. The fourth-order valence-electron chi connectivity index (χ4n) is 4.57. The lowest BCUT2D eigenvalue weighted by Crippen LogP contribution is -2.35. The summed E-state index contributed by atoms with van der Waals surface area (Å²) in [5.41, 5.74) is 4.25. The summed E-state index contributed by atoms with van der Waals surface area (Å²) in [6.07, 6.45) is 8.50. The molecule has 0 aliphatic heterocycles. The van der Waals surface area contributed by atoms with Gasteiger partial charge in [-0.3, -0.25) is 14.3 Å².